The molecule has 0 bridgehead atoms. The van der Waals surface area contributed by atoms with Crippen LogP contribution in [-0.2, 0) is 14.8 Å². The number of carbonyl (C=O) groups is 1. The number of sulfonamides is 1. The Hall–Kier alpha value is -0.860. The number of alkyl carbamates (subject to hydrolysis) is 1. The fourth-order valence-electron chi connectivity index (χ4n) is 2.19. The number of piperazine rings is 1. The van der Waals surface area contributed by atoms with Gasteiger partial charge in [-0.05, 0) is 6.92 Å². The van der Waals surface area contributed by atoms with E-state index in [-0.39, 0.29) is 18.0 Å². The van der Waals surface area contributed by atoms with Gasteiger partial charge in [-0.3, -0.25) is 4.90 Å². The van der Waals surface area contributed by atoms with Crippen molar-refractivity contribution in [3.63, 3.8) is 0 Å². The van der Waals surface area contributed by atoms with Crippen molar-refractivity contribution in [1.29, 1.82) is 0 Å². The van der Waals surface area contributed by atoms with Crippen LogP contribution >= 0.6 is 0 Å². The van der Waals surface area contributed by atoms with Gasteiger partial charge in [0.1, 0.15) is 6.10 Å². The van der Waals surface area contributed by atoms with E-state index in [4.69, 9.17) is 4.74 Å². The van der Waals surface area contributed by atoms with Crippen LogP contribution in [0.1, 0.15) is 6.92 Å². The van der Waals surface area contributed by atoms with Crippen molar-refractivity contribution in [2.75, 3.05) is 45.0 Å². The van der Waals surface area contributed by atoms with Crippen molar-refractivity contribution in [2.24, 2.45) is 0 Å². The Morgan fingerprint density at radius 3 is 2.50 bits per heavy atom. The Labute approximate surface area is 107 Å². The Morgan fingerprint density at radius 2 is 2.00 bits per heavy atom. The molecule has 104 valence electrons. The third-order valence-corrected chi connectivity index (χ3v) is 5.18. The first-order valence-corrected chi connectivity index (χ1v) is 7.77. The molecule has 2 rings (SSSR count). The number of rotatable bonds is 4. The van der Waals surface area contributed by atoms with Crippen LogP contribution in [0.2, 0.25) is 0 Å². The summed E-state index contributed by atoms with van der Waals surface area (Å²) in [5, 5.41) is 2.61. The number of amides is 1. The molecule has 0 radical (unpaired) electrons. The molecule has 0 aromatic heterocycles. The van der Waals surface area contributed by atoms with Gasteiger partial charge in [-0.2, -0.15) is 4.31 Å². The van der Waals surface area contributed by atoms with Crippen molar-refractivity contribution in [2.45, 2.75) is 13.0 Å². The summed E-state index contributed by atoms with van der Waals surface area (Å²) in [7, 11) is -3.07. The van der Waals surface area contributed by atoms with Crippen LogP contribution in [-0.4, -0.2) is 74.8 Å². The summed E-state index contributed by atoms with van der Waals surface area (Å²) in [4.78, 5) is 13.0. The monoisotopic (exact) mass is 277 g/mol. The molecule has 8 heteroatoms. The highest BCUT2D eigenvalue weighted by molar-refractivity contribution is 7.89. The molecule has 1 unspecified atom stereocenters. The summed E-state index contributed by atoms with van der Waals surface area (Å²) >= 11 is 0. The molecule has 2 heterocycles. The summed E-state index contributed by atoms with van der Waals surface area (Å²) in [6.45, 7) is 5.27. The van der Waals surface area contributed by atoms with Crippen molar-refractivity contribution in [3.8, 4) is 0 Å². The van der Waals surface area contributed by atoms with E-state index >= 15 is 0 Å². The van der Waals surface area contributed by atoms with Gasteiger partial charge in [-0.15, -0.1) is 0 Å². The minimum Gasteiger partial charge on any atom is -0.443 e. The lowest BCUT2D eigenvalue weighted by molar-refractivity contribution is 0.0936. The molecule has 0 aliphatic carbocycles. The molecule has 0 spiro atoms. The van der Waals surface area contributed by atoms with E-state index in [2.05, 4.69) is 10.2 Å². The van der Waals surface area contributed by atoms with E-state index in [0.717, 1.165) is 0 Å². The summed E-state index contributed by atoms with van der Waals surface area (Å²) < 4.78 is 29.9. The highest BCUT2D eigenvalue weighted by Crippen LogP contribution is 2.10. The highest BCUT2D eigenvalue weighted by atomic mass is 32.2. The second-order valence-electron chi connectivity index (χ2n) is 4.51. The van der Waals surface area contributed by atoms with Gasteiger partial charge in [0.2, 0.25) is 10.0 Å². The van der Waals surface area contributed by atoms with Gasteiger partial charge in [-0.1, -0.05) is 0 Å². The van der Waals surface area contributed by atoms with Crippen LogP contribution < -0.4 is 5.32 Å². The molecule has 0 aromatic carbocycles. The second kappa shape index (κ2) is 5.41. The summed E-state index contributed by atoms with van der Waals surface area (Å²) in [5.41, 5.74) is 0. The number of hydrogen-bond acceptors (Lipinski definition) is 5. The second-order valence-corrected chi connectivity index (χ2v) is 6.77. The first-order chi connectivity index (χ1) is 8.51. The minimum absolute atomic E-state index is 0.119. The fourth-order valence-corrected chi connectivity index (χ4v) is 3.28. The Morgan fingerprint density at radius 1 is 1.33 bits per heavy atom. The minimum atomic E-state index is -3.07. The van der Waals surface area contributed by atoms with E-state index in [9.17, 15) is 13.2 Å². The van der Waals surface area contributed by atoms with Gasteiger partial charge >= 0.3 is 6.09 Å². The lowest BCUT2D eigenvalue weighted by Gasteiger charge is -2.34. The third kappa shape index (κ3) is 3.12. The van der Waals surface area contributed by atoms with E-state index < -0.39 is 10.0 Å². The Kier molecular flexibility index (Phi) is 4.08. The zero-order valence-electron chi connectivity index (χ0n) is 10.5. The molecule has 2 fully saturated rings. The first-order valence-electron chi connectivity index (χ1n) is 6.16. The zero-order chi connectivity index (χ0) is 13.2. The number of hydrogen-bond donors (Lipinski definition) is 1. The summed E-state index contributed by atoms with van der Waals surface area (Å²) in [6.07, 6.45) is -0.487. The lowest BCUT2D eigenvalue weighted by Crippen LogP contribution is -2.51. The number of nitrogens with one attached hydrogen (secondary N) is 1. The molecule has 2 aliphatic heterocycles. The molecular formula is C10H19N3O4S. The fraction of sp³-hybridized carbons (Fsp3) is 0.900. The number of cyclic esters (lactones) is 1. The maximum Gasteiger partial charge on any atom is 0.407 e. The normalized spacial score (nSPS) is 26.9. The number of ether oxygens (including phenoxy) is 1. The van der Waals surface area contributed by atoms with Crippen molar-refractivity contribution < 1.29 is 17.9 Å². The standard InChI is InChI=1S/C10H19N3O4S/c1-2-18(15,16)13-5-3-12(4-6-13)8-9-7-11-10(14)17-9/h9H,2-8H2,1H3,(H,11,14). The first kappa shape index (κ1) is 13.6. The molecular weight excluding hydrogens is 258 g/mol. The number of nitrogens with zero attached hydrogens (tertiary/aromatic N) is 2. The van der Waals surface area contributed by atoms with Crippen LogP contribution in [0.15, 0.2) is 0 Å². The van der Waals surface area contributed by atoms with E-state index in [1.54, 1.807) is 6.92 Å². The van der Waals surface area contributed by atoms with E-state index in [1.165, 1.54) is 4.31 Å². The molecule has 0 aromatic rings. The van der Waals surface area contributed by atoms with Gasteiger partial charge < -0.3 is 10.1 Å². The van der Waals surface area contributed by atoms with Crippen LogP contribution in [0.25, 0.3) is 0 Å². The summed E-state index contributed by atoms with van der Waals surface area (Å²) in [5.74, 6) is 0.150. The summed E-state index contributed by atoms with van der Waals surface area (Å²) in [6, 6.07) is 0. The average molecular weight is 277 g/mol. The molecule has 1 N–H and O–H groups in total. The Balaban J connectivity index is 1.78. The van der Waals surface area contributed by atoms with Gasteiger partial charge in [-0.25, -0.2) is 13.2 Å². The molecule has 0 saturated carbocycles. The van der Waals surface area contributed by atoms with E-state index in [0.29, 0.717) is 39.3 Å². The lowest BCUT2D eigenvalue weighted by atomic mass is 10.3. The molecule has 2 aliphatic rings. The largest absolute Gasteiger partial charge is 0.443 e. The maximum absolute atomic E-state index is 11.7. The highest BCUT2D eigenvalue weighted by Gasteiger charge is 2.29. The maximum atomic E-state index is 11.7. The van der Waals surface area contributed by atoms with Gasteiger partial charge in [0.05, 0.1) is 12.3 Å². The topological polar surface area (TPSA) is 79.0 Å². The average Bonchev–Trinajstić information content (AvgIpc) is 2.75. The SMILES string of the molecule is CCS(=O)(=O)N1CCN(CC2CNC(=O)O2)CC1. The third-order valence-electron chi connectivity index (χ3n) is 3.30. The van der Waals surface area contributed by atoms with Crippen LogP contribution in [0.5, 0.6) is 0 Å². The predicted octanol–water partition coefficient (Wildman–Crippen LogP) is -0.938. The van der Waals surface area contributed by atoms with Crippen molar-refractivity contribution >= 4 is 16.1 Å². The van der Waals surface area contributed by atoms with Crippen molar-refractivity contribution in [3.05, 3.63) is 0 Å². The van der Waals surface area contributed by atoms with E-state index in [1.807, 2.05) is 0 Å². The molecule has 1 amide bonds. The molecule has 18 heavy (non-hydrogen) atoms. The predicted molar refractivity (Wildman–Crippen MR) is 65.7 cm³/mol. The number of carbonyl (C=O) groups excluding carboxylic acids is 1. The molecule has 1 atom stereocenters. The van der Waals surface area contributed by atoms with Crippen molar-refractivity contribution in [1.82, 2.24) is 14.5 Å². The van der Waals surface area contributed by atoms with Gasteiger partial charge in [0.15, 0.2) is 0 Å². The van der Waals surface area contributed by atoms with Crippen LogP contribution in [0, 0.1) is 0 Å². The van der Waals surface area contributed by atoms with Crippen LogP contribution in [0.4, 0.5) is 4.79 Å². The molecule has 7 nitrogen and oxygen atoms in total. The Bertz CT molecular complexity index is 403. The smallest absolute Gasteiger partial charge is 0.407 e. The van der Waals surface area contributed by atoms with Gasteiger partial charge in [0, 0.05) is 32.7 Å². The quantitative estimate of drug-likeness (QED) is 0.717. The van der Waals surface area contributed by atoms with Crippen LogP contribution in [0.3, 0.4) is 0 Å². The van der Waals surface area contributed by atoms with Gasteiger partial charge in [0.25, 0.3) is 0 Å². The zero-order valence-corrected chi connectivity index (χ0v) is 11.3. The molecule has 2 saturated heterocycles.